The molecule has 0 spiro atoms. The van der Waals surface area contributed by atoms with Crippen LogP contribution in [0.25, 0.3) is 11.3 Å². The SMILES string of the molecule is N#Cc1ccc(-c2csc(NC(=O)[C@@H](CC(=O)O)Cc3ccccc3)n2)cc1. The summed E-state index contributed by atoms with van der Waals surface area (Å²) in [5, 5.41) is 23.0. The Bertz CT molecular complexity index is 1010. The number of aromatic nitrogens is 1. The average Bonchev–Trinajstić information content (AvgIpc) is 3.16. The molecule has 0 aliphatic heterocycles. The van der Waals surface area contributed by atoms with Gasteiger partial charge in [-0.2, -0.15) is 5.26 Å². The second kappa shape index (κ2) is 8.93. The number of carboxylic acid groups (broad SMARTS) is 1. The van der Waals surface area contributed by atoms with Gasteiger partial charge in [-0.05, 0) is 24.1 Å². The summed E-state index contributed by atoms with van der Waals surface area (Å²) in [7, 11) is 0. The highest BCUT2D eigenvalue weighted by atomic mass is 32.1. The first-order valence-corrected chi connectivity index (χ1v) is 9.46. The van der Waals surface area contributed by atoms with Gasteiger partial charge in [0.2, 0.25) is 5.91 Å². The van der Waals surface area contributed by atoms with Gasteiger partial charge in [-0.15, -0.1) is 11.3 Å². The number of benzene rings is 2. The van der Waals surface area contributed by atoms with E-state index in [1.165, 1.54) is 11.3 Å². The van der Waals surface area contributed by atoms with Gasteiger partial charge in [0, 0.05) is 10.9 Å². The Morgan fingerprint density at radius 2 is 1.86 bits per heavy atom. The molecule has 0 bridgehead atoms. The number of nitrogens with one attached hydrogen (secondary N) is 1. The summed E-state index contributed by atoms with van der Waals surface area (Å²) < 4.78 is 0. The molecule has 2 aromatic carbocycles. The molecule has 0 saturated carbocycles. The summed E-state index contributed by atoms with van der Waals surface area (Å²) in [4.78, 5) is 28.2. The molecule has 140 valence electrons. The quantitative estimate of drug-likeness (QED) is 0.635. The number of hydrogen-bond acceptors (Lipinski definition) is 5. The van der Waals surface area contributed by atoms with Crippen molar-refractivity contribution in [2.45, 2.75) is 12.8 Å². The molecule has 0 aliphatic rings. The lowest BCUT2D eigenvalue weighted by Gasteiger charge is -2.14. The van der Waals surface area contributed by atoms with Crippen LogP contribution in [0, 0.1) is 17.2 Å². The zero-order chi connectivity index (χ0) is 19.9. The van der Waals surface area contributed by atoms with Crippen molar-refractivity contribution in [1.29, 1.82) is 5.26 Å². The maximum absolute atomic E-state index is 12.6. The minimum absolute atomic E-state index is 0.255. The fourth-order valence-electron chi connectivity index (χ4n) is 2.75. The molecule has 0 radical (unpaired) electrons. The zero-order valence-corrected chi connectivity index (χ0v) is 15.6. The highest BCUT2D eigenvalue weighted by Gasteiger charge is 2.23. The molecular formula is C21H17N3O3S. The number of carbonyl (C=O) groups excluding carboxylic acids is 1. The van der Waals surface area contributed by atoms with Crippen LogP contribution in [0.1, 0.15) is 17.5 Å². The molecule has 28 heavy (non-hydrogen) atoms. The van der Waals surface area contributed by atoms with Gasteiger partial charge in [-0.25, -0.2) is 4.98 Å². The van der Waals surface area contributed by atoms with Crippen LogP contribution in [-0.2, 0) is 16.0 Å². The van der Waals surface area contributed by atoms with Gasteiger partial charge in [0.05, 0.1) is 29.7 Å². The van der Waals surface area contributed by atoms with Gasteiger partial charge < -0.3 is 10.4 Å². The Labute approximate surface area is 166 Å². The first-order chi connectivity index (χ1) is 13.5. The Morgan fingerprint density at radius 3 is 2.50 bits per heavy atom. The molecule has 0 unspecified atom stereocenters. The number of nitriles is 1. The summed E-state index contributed by atoms with van der Waals surface area (Å²) in [6.45, 7) is 0. The molecule has 1 aromatic heterocycles. The molecule has 0 fully saturated rings. The fraction of sp³-hybridized carbons (Fsp3) is 0.143. The Hall–Kier alpha value is -3.50. The zero-order valence-electron chi connectivity index (χ0n) is 14.8. The second-order valence-electron chi connectivity index (χ2n) is 6.20. The van der Waals surface area contributed by atoms with Gasteiger partial charge in [0.1, 0.15) is 0 Å². The first-order valence-electron chi connectivity index (χ1n) is 8.58. The van der Waals surface area contributed by atoms with Crippen LogP contribution in [0.4, 0.5) is 5.13 Å². The third-order valence-corrected chi connectivity index (χ3v) is 4.92. The normalized spacial score (nSPS) is 11.4. The Morgan fingerprint density at radius 1 is 1.14 bits per heavy atom. The summed E-state index contributed by atoms with van der Waals surface area (Å²) in [6, 6.07) is 18.4. The molecule has 3 aromatic rings. The van der Waals surface area contributed by atoms with E-state index in [1.807, 2.05) is 30.3 Å². The van der Waals surface area contributed by atoms with E-state index in [2.05, 4.69) is 16.4 Å². The predicted octanol–water partition coefficient (Wildman–Crippen LogP) is 3.95. The van der Waals surface area contributed by atoms with Crippen LogP contribution in [-0.4, -0.2) is 22.0 Å². The molecular weight excluding hydrogens is 374 g/mol. The van der Waals surface area contributed by atoms with E-state index in [0.29, 0.717) is 22.8 Å². The van der Waals surface area contributed by atoms with Crippen molar-refractivity contribution in [1.82, 2.24) is 4.98 Å². The van der Waals surface area contributed by atoms with Crippen LogP contribution < -0.4 is 5.32 Å². The van der Waals surface area contributed by atoms with E-state index in [-0.39, 0.29) is 12.3 Å². The largest absolute Gasteiger partial charge is 0.481 e. The molecule has 3 rings (SSSR count). The number of thiazole rings is 1. The standard InChI is InChI=1S/C21H17N3O3S/c22-12-15-6-8-16(9-7-15)18-13-28-21(23-18)24-20(27)17(11-19(25)26)10-14-4-2-1-3-5-14/h1-9,13,17H,10-11H2,(H,25,26)(H,23,24,27)/t17-/m1/s1. The number of anilines is 1. The number of rotatable bonds is 7. The number of carboxylic acids is 1. The van der Waals surface area contributed by atoms with E-state index in [1.54, 1.807) is 29.6 Å². The van der Waals surface area contributed by atoms with Crippen molar-refractivity contribution in [3.8, 4) is 17.3 Å². The average molecular weight is 391 g/mol. The molecule has 1 atom stereocenters. The van der Waals surface area contributed by atoms with E-state index >= 15 is 0 Å². The van der Waals surface area contributed by atoms with E-state index in [4.69, 9.17) is 10.4 Å². The minimum Gasteiger partial charge on any atom is -0.481 e. The van der Waals surface area contributed by atoms with Crippen molar-refractivity contribution >= 4 is 28.3 Å². The van der Waals surface area contributed by atoms with E-state index in [0.717, 1.165) is 11.1 Å². The molecule has 1 heterocycles. The van der Waals surface area contributed by atoms with Crippen molar-refractivity contribution < 1.29 is 14.7 Å². The number of amides is 1. The molecule has 2 N–H and O–H groups in total. The summed E-state index contributed by atoms with van der Waals surface area (Å²) in [5.74, 6) is -2.08. The van der Waals surface area contributed by atoms with Gasteiger partial charge in [0.25, 0.3) is 0 Å². The third kappa shape index (κ3) is 5.02. The maximum Gasteiger partial charge on any atom is 0.304 e. The number of carbonyl (C=O) groups is 2. The smallest absolute Gasteiger partial charge is 0.304 e. The van der Waals surface area contributed by atoms with Crippen LogP contribution in [0.3, 0.4) is 0 Å². The van der Waals surface area contributed by atoms with Crippen LogP contribution in [0.2, 0.25) is 0 Å². The maximum atomic E-state index is 12.6. The molecule has 6 nitrogen and oxygen atoms in total. The minimum atomic E-state index is -1.02. The van der Waals surface area contributed by atoms with Gasteiger partial charge in [-0.1, -0.05) is 42.5 Å². The lowest BCUT2D eigenvalue weighted by Crippen LogP contribution is -2.27. The molecule has 7 heteroatoms. The summed E-state index contributed by atoms with van der Waals surface area (Å²) in [6.07, 6.45) is 0.0847. The van der Waals surface area contributed by atoms with Crippen LogP contribution >= 0.6 is 11.3 Å². The number of aliphatic carboxylic acids is 1. The van der Waals surface area contributed by atoms with Crippen LogP contribution in [0.15, 0.2) is 60.0 Å². The fourth-order valence-corrected chi connectivity index (χ4v) is 3.48. The third-order valence-electron chi connectivity index (χ3n) is 4.16. The lowest BCUT2D eigenvalue weighted by atomic mass is 9.95. The van der Waals surface area contributed by atoms with E-state index < -0.39 is 11.9 Å². The van der Waals surface area contributed by atoms with Gasteiger partial charge in [0.15, 0.2) is 5.13 Å². The predicted molar refractivity (Wildman–Crippen MR) is 107 cm³/mol. The van der Waals surface area contributed by atoms with Crippen LogP contribution in [0.5, 0.6) is 0 Å². The van der Waals surface area contributed by atoms with Crippen molar-refractivity contribution in [3.63, 3.8) is 0 Å². The van der Waals surface area contributed by atoms with E-state index in [9.17, 15) is 9.59 Å². The summed E-state index contributed by atoms with van der Waals surface area (Å²) >= 11 is 1.27. The van der Waals surface area contributed by atoms with Crippen molar-refractivity contribution in [2.75, 3.05) is 5.32 Å². The highest BCUT2D eigenvalue weighted by Crippen LogP contribution is 2.26. The van der Waals surface area contributed by atoms with Gasteiger partial charge >= 0.3 is 5.97 Å². The summed E-state index contributed by atoms with van der Waals surface area (Å²) in [5.41, 5.74) is 2.98. The van der Waals surface area contributed by atoms with Crippen molar-refractivity contribution in [2.24, 2.45) is 5.92 Å². The number of hydrogen-bond donors (Lipinski definition) is 2. The lowest BCUT2D eigenvalue weighted by molar-refractivity contribution is -0.140. The monoisotopic (exact) mass is 391 g/mol. The second-order valence-corrected chi connectivity index (χ2v) is 7.06. The van der Waals surface area contributed by atoms with Crippen molar-refractivity contribution in [3.05, 3.63) is 71.1 Å². The Balaban J connectivity index is 1.71. The highest BCUT2D eigenvalue weighted by molar-refractivity contribution is 7.14. The van der Waals surface area contributed by atoms with Gasteiger partial charge in [-0.3, -0.25) is 9.59 Å². The molecule has 0 saturated heterocycles. The molecule has 1 amide bonds. The topological polar surface area (TPSA) is 103 Å². The first kappa shape index (κ1) is 19.3. The number of nitrogens with zero attached hydrogens (tertiary/aromatic N) is 2. The Kier molecular flexibility index (Phi) is 6.14. The molecule has 0 aliphatic carbocycles.